The van der Waals surface area contributed by atoms with Gasteiger partial charge in [0.15, 0.2) is 0 Å². The van der Waals surface area contributed by atoms with Gasteiger partial charge < -0.3 is 15.4 Å². The van der Waals surface area contributed by atoms with Crippen molar-refractivity contribution in [3.05, 3.63) is 29.8 Å². The number of hydrogen-bond acceptors (Lipinski definition) is 5. The molecule has 1 aliphatic carbocycles. The summed E-state index contributed by atoms with van der Waals surface area (Å²) in [5.74, 6) is 0.228. The molecule has 4 rings (SSSR count). The van der Waals surface area contributed by atoms with Gasteiger partial charge >= 0.3 is 6.03 Å². The number of ether oxygens (including phenoxy) is 1. The maximum absolute atomic E-state index is 12.8. The van der Waals surface area contributed by atoms with Crippen molar-refractivity contribution in [1.29, 1.82) is 0 Å². The van der Waals surface area contributed by atoms with Crippen molar-refractivity contribution < 1.29 is 19.1 Å². The van der Waals surface area contributed by atoms with Gasteiger partial charge in [0, 0.05) is 6.54 Å². The van der Waals surface area contributed by atoms with Gasteiger partial charge in [-0.15, -0.1) is 0 Å². The Morgan fingerprint density at radius 2 is 1.77 bits per heavy atom. The Bertz CT molecular complexity index is 813. The number of likely N-dealkylation sites (tertiary alicyclic amines) is 1. The Labute approximate surface area is 183 Å². The molecule has 2 heterocycles. The van der Waals surface area contributed by atoms with Crippen molar-refractivity contribution in [2.75, 3.05) is 33.3 Å². The number of piperidine rings is 1. The van der Waals surface area contributed by atoms with Gasteiger partial charge in [-0.3, -0.25) is 19.4 Å². The molecule has 8 nitrogen and oxygen atoms in total. The van der Waals surface area contributed by atoms with Crippen molar-refractivity contribution in [3.63, 3.8) is 0 Å². The molecular formula is C23H32N4O4. The molecule has 3 aliphatic rings. The third-order valence-corrected chi connectivity index (χ3v) is 6.83. The van der Waals surface area contributed by atoms with Crippen LogP contribution in [-0.4, -0.2) is 66.5 Å². The van der Waals surface area contributed by atoms with Crippen LogP contribution in [0.25, 0.3) is 0 Å². The molecule has 1 aromatic rings. The molecule has 8 heteroatoms. The maximum Gasteiger partial charge on any atom is 0.325 e. The molecule has 2 aliphatic heterocycles. The topological polar surface area (TPSA) is 91.0 Å². The Hall–Kier alpha value is -2.61. The first-order valence-corrected chi connectivity index (χ1v) is 11.3. The number of amides is 4. The van der Waals surface area contributed by atoms with Gasteiger partial charge in [-0.1, -0.05) is 31.4 Å². The number of imide groups is 1. The highest BCUT2D eigenvalue weighted by molar-refractivity contribution is 6.09. The molecule has 0 radical (unpaired) electrons. The summed E-state index contributed by atoms with van der Waals surface area (Å²) < 4.78 is 5.27. The molecule has 1 aromatic carbocycles. The van der Waals surface area contributed by atoms with E-state index in [-0.39, 0.29) is 24.4 Å². The third-order valence-electron chi connectivity index (χ3n) is 6.83. The molecule has 0 aromatic heterocycles. The zero-order valence-corrected chi connectivity index (χ0v) is 18.2. The third kappa shape index (κ3) is 4.54. The maximum atomic E-state index is 12.8. The first-order valence-electron chi connectivity index (χ1n) is 11.3. The number of carbonyl (C=O) groups excluding carboxylic acids is 3. The van der Waals surface area contributed by atoms with Crippen LogP contribution < -0.4 is 15.4 Å². The van der Waals surface area contributed by atoms with E-state index in [0.717, 1.165) is 55.0 Å². The Morgan fingerprint density at radius 3 is 2.42 bits per heavy atom. The van der Waals surface area contributed by atoms with E-state index in [4.69, 9.17) is 4.74 Å². The highest BCUT2D eigenvalue weighted by Crippen LogP contribution is 2.35. The second-order valence-electron chi connectivity index (χ2n) is 8.80. The van der Waals surface area contributed by atoms with Crippen molar-refractivity contribution in [3.8, 4) is 5.75 Å². The molecule has 1 atom stereocenters. The average Bonchev–Trinajstić information content (AvgIpc) is 3.35. The predicted octanol–water partition coefficient (Wildman–Crippen LogP) is 2.20. The molecule has 3 fully saturated rings. The summed E-state index contributed by atoms with van der Waals surface area (Å²) >= 11 is 0. The smallest absolute Gasteiger partial charge is 0.325 e. The molecule has 168 valence electrons. The van der Waals surface area contributed by atoms with E-state index in [1.54, 1.807) is 7.11 Å². The largest absolute Gasteiger partial charge is 0.497 e. The van der Waals surface area contributed by atoms with Crippen molar-refractivity contribution in [1.82, 2.24) is 20.4 Å². The summed E-state index contributed by atoms with van der Waals surface area (Å²) in [6, 6.07) is 7.52. The van der Waals surface area contributed by atoms with Crippen LogP contribution in [0.4, 0.5) is 4.79 Å². The van der Waals surface area contributed by atoms with E-state index in [1.807, 2.05) is 24.3 Å². The number of methoxy groups -OCH3 is 1. The van der Waals surface area contributed by atoms with E-state index >= 15 is 0 Å². The summed E-state index contributed by atoms with van der Waals surface area (Å²) in [7, 11) is 1.64. The first-order chi connectivity index (χ1) is 15.0. The van der Waals surface area contributed by atoms with Crippen LogP contribution in [0.2, 0.25) is 0 Å². The molecule has 2 saturated heterocycles. The van der Waals surface area contributed by atoms with E-state index in [9.17, 15) is 14.4 Å². The SMILES string of the molecule is COc1ccc(C(CNC(=O)CN2C(=O)NC3(CCCC3)C2=O)N2CCCCC2)cc1. The van der Waals surface area contributed by atoms with Crippen molar-refractivity contribution in [2.45, 2.75) is 56.5 Å². The quantitative estimate of drug-likeness (QED) is 0.650. The highest BCUT2D eigenvalue weighted by Gasteiger charge is 2.52. The van der Waals surface area contributed by atoms with Crippen LogP contribution >= 0.6 is 0 Å². The van der Waals surface area contributed by atoms with E-state index in [1.165, 1.54) is 6.42 Å². The number of carbonyl (C=O) groups is 3. The van der Waals surface area contributed by atoms with Gasteiger partial charge in [0.1, 0.15) is 17.8 Å². The van der Waals surface area contributed by atoms with Crippen LogP contribution in [-0.2, 0) is 9.59 Å². The molecule has 2 N–H and O–H groups in total. The molecule has 4 amide bonds. The first kappa shape index (κ1) is 21.6. The fourth-order valence-corrected chi connectivity index (χ4v) is 5.06. The number of urea groups is 1. The normalized spacial score (nSPS) is 21.9. The monoisotopic (exact) mass is 428 g/mol. The van der Waals surface area contributed by atoms with Crippen LogP contribution in [0.3, 0.4) is 0 Å². The second-order valence-corrected chi connectivity index (χ2v) is 8.80. The number of nitrogens with zero attached hydrogens (tertiary/aromatic N) is 2. The van der Waals surface area contributed by atoms with Crippen LogP contribution in [0.5, 0.6) is 5.75 Å². The standard InChI is InChI=1S/C23H32N4O4/c1-31-18-9-7-17(8-10-18)19(26-13-5-2-6-14-26)15-24-20(28)16-27-21(29)23(25-22(27)30)11-3-4-12-23/h7-10,19H,2-6,11-16H2,1H3,(H,24,28)(H,25,30). The number of benzene rings is 1. The van der Waals surface area contributed by atoms with E-state index in [2.05, 4.69) is 15.5 Å². The summed E-state index contributed by atoms with van der Waals surface area (Å²) in [6.07, 6.45) is 6.67. The minimum Gasteiger partial charge on any atom is -0.497 e. The minimum absolute atomic E-state index is 0.0411. The van der Waals surface area contributed by atoms with E-state index < -0.39 is 11.6 Å². The lowest BCUT2D eigenvalue weighted by Crippen LogP contribution is -2.46. The molecule has 0 bridgehead atoms. The Morgan fingerprint density at radius 1 is 1.10 bits per heavy atom. The molecule has 1 unspecified atom stereocenters. The van der Waals surface area contributed by atoms with Gasteiger partial charge in [0.25, 0.3) is 5.91 Å². The zero-order valence-electron chi connectivity index (χ0n) is 18.2. The summed E-state index contributed by atoms with van der Waals surface area (Å²) in [4.78, 5) is 41.3. The van der Waals surface area contributed by atoms with Crippen LogP contribution in [0.1, 0.15) is 56.6 Å². The van der Waals surface area contributed by atoms with Gasteiger partial charge in [0.2, 0.25) is 5.91 Å². The molecule has 31 heavy (non-hydrogen) atoms. The molecule has 1 saturated carbocycles. The summed E-state index contributed by atoms with van der Waals surface area (Å²) in [5, 5.41) is 5.79. The number of hydrogen-bond donors (Lipinski definition) is 2. The van der Waals surface area contributed by atoms with Crippen LogP contribution in [0.15, 0.2) is 24.3 Å². The highest BCUT2D eigenvalue weighted by atomic mass is 16.5. The predicted molar refractivity (Wildman–Crippen MR) is 116 cm³/mol. The lowest BCUT2D eigenvalue weighted by atomic mass is 9.98. The fourth-order valence-electron chi connectivity index (χ4n) is 5.06. The number of nitrogens with one attached hydrogen (secondary N) is 2. The lowest BCUT2D eigenvalue weighted by molar-refractivity contribution is -0.134. The Balaban J connectivity index is 1.39. The van der Waals surface area contributed by atoms with Gasteiger partial charge in [-0.05, 0) is 56.5 Å². The number of rotatable bonds is 7. The van der Waals surface area contributed by atoms with Crippen molar-refractivity contribution in [2.24, 2.45) is 0 Å². The zero-order chi connectivity index (χ0) is 21.8. The van der Waals surface area contributed by atoms with Gasteiger partial charge in [0.05, 0.1) is 13.2 Å². The minimum atomic E-state index is -0.781. The summed E-state index contributed by atoms with van der Waals surface area (Å²) in [6.45, 7) is 2.17. The summed E-state index contributed by atoms with van der Waals surface area (Å²) in [5.41, 5.74) is 0.333. The van der Waals surface area contributed by atoms with Crippen LogP contribution in [0, 0.1) is 0 Å². The Kier molecular flexibility index (Phi) is 6.46. The average molecular weight is 429 g/mol. The van der Waals surface area contributed by atoms with Gasteiger partial charge in [-0.25, -0.2) is 4.79 Å². The van der Waals surface area contributed by atoms with E-state index in [0.29, 0.717) is 19.4 Å². The fraction of sp³-hybridized carbons (Fsp3) is 0.609. The van der Waals surface area contributed by atoms with Crippen molar-refractivity contribution >= 4 is 17.8 Å². The lowest BCUT2D eigenvalue weighted by Gasteiger charge is -2.35. The molecular weight excluding hydrogens is 396 g/mol. The molecule has 1 spiro atoms. The van der Waals surface area contributed by atoms with Gasteiger partial charge in [-0.2, -0.15) is 0 Å². The second kappa shape index (κ2) is 9.26.